The predicted octanol–water partition coefficient (Wildman–Crippen LogP) is 2.09. The SMILES string of the molecule is CC(N)=Nc1cccc(-c2ccn[nH]2)c1. The molecule has 4 nitrogen and oxygen atoms in total. The van der Waals surface area contributed by atoms with Crippen molar-refractivity contribution in [1.82, 2.24) is 10.2 Å². The first-order valence-electron chi connectivity index (χ1n) is 4.66. The van der Waals surface area contributed by atoms with Gasteiger partial charge >= 0.3 is 0 Å². The number of rotatable bonds is 2. The van der Waals surface area contributed by atoms with E-state index >= 15 is 0 Å². The summed E-state index contributed by atoms with van der Waals surface area (Å²) in [7, 11) is 0. The van der Waals surface area contributed by atoms with E-state index in [1.165, 1.54) is 0 Å². The number of amidine groups is 1. The topological polar surface area (TPSA) is 67.1 Å². The lowest BCUT2D eigenvalue weighted by molar-refractivity contribution is 1.10. The van der Waals surface area contributed by atoms with Crippen LogP contribution in [0.1, 0.15) is 6.92 Å². The largest absolute Gasteiger partial charge is 0.387 e. The molecule has 15 heavy (non-hydrogen) atoms. The normalized spacial score (nSPS) is 11.7. The van der Waals surface area contributed by atoms with Crippen LogP contribution in [-0.2, 0) is 0 Å². The molecule has 0 unspecified atom stereocenters. The number of hydrogen-bond acceptors (Lipinski definition) is 2. The number of nitrogens with zero attached hydrogens (tertiary/aromatic N) is 2. The van der Waals surface area contributed by atoms with Gasteiger partial charge < -0.3 is 5.73 Å². The molecule has 1 aromatic carbocycles. The summed E-state index contributed by atoms with van der Waals surface area (Å²) < 4.78 is 0. The van der Waals surface area contributed by atoms with E-state index in [4.69, 9.17) is 5.73 Å². The smallest absolute Gasteiger partial charge is 0.0964 e. The number of hydrogen-bond donors (Lipinski definition) is 2. The summed E-state index contributed by atoms with van der Waals surface area (Å²) >= 11 is 0. The lowest BCUT2D eigenvalue weighted by atomic mass is 10.1. The molecule has 0 saturated carbocycles. The van der Waals surface area contributed by atoms with Gasteiger partial charge in [0.1, 0.15) is 0 Å². The third-order valence-corrected chi connectivity index (χ3v) is 1.96. The molecule has 0 fully saturated rings. The van der Waals surface area contributed by atoms with Gasteiger partial charge in [0.2, 0.25) is 0 Å². The van der Waals surface area contributed by atoms with E-state index in [-0.39, 0.29) is 0 Å². The Morgan fingerprint density at radius 3 is 2.93 bits per heavy atom. The number of nitrogens with one attached hydrogen (secondary N) is 1. The van der Waals surface area contributed by atoms with E-state index in [1.807, 2.05) is 30.3 Å². The fourth-order valence-corrected chi connectivity index (χ4v) is 1.36. The molecule has 0 saturated heterocycles. The van der Waals surface area contributed by atoms with Crippen LogP contribution in [0.3, 0.4) is 0 Å². The number of aromatic amines is 1. The third-order valence-electron chi connectivity index (χ3n) is 1.96. The van der Waals surface area contributed by atoms with Crippen LogP contribution in [0.5, 0.6) is 0 Å². The lowest BCUT2D eigenvalue weighted by Gasteiger charge is -1.99. The zero-order valence-electron chi connectivity index (χ0n) is 8.44. The van der Waals surface area contributed by atoms with E-state index in [9.17, 15) is 0 Å². The Bertz CT molecular complexity index is 467. The third kappa shape index (κ3) is 2.22. The van der Waals surface area contributed by atoms with Crippen LogP contribution >= 0.6 is 0 Å². The summed E-state index contributed by atoms with van der Waals surface area (Å²) in [5, 5.41) is 6.81. The molecule has 0 aliphatic rings. The average Bonchev–Trinajstić information content (AvgIpc) is 2.69. The minimum Gasteiger partial charge on any atom is -0.387 e. The van der Waals surface area contributed by atoms with Crippen LogP contribution in [0.2, 0.25) is 0 Å². The summed E-state index contributed by atoms with van der Waals surface area (Å²) in [6.45, 7) is 1.77. The molecule has 0 amide bonds. The highest BCUT2D eigenvalue weighted by Crippen LogP contribution is 2.21. The molecule has 1 aromatic heterocycles. The summed E-state index contributed by atoms with van der Waals surface area (Å²) in [5.41, 5.74) is 8.40. The minimum atomic E-state index is 0.553. The van der Waals surface area contributed by atoms with Gasteiger partial charge in [0.25, 0.3) is 0 Å². The maximum absolute atomic E-state index is 5.52. The van der Waals surface area contributed by atoms with Gasteiger partial charge in [-0.3, -0.25) is 5.10 Å². The Morgan fingerprint density at radius 1 is 1.40 bits per heavy atom. The van der Waals surface area contributed by atoms with Crippen molar-refractivity contribution >= 4 is 11.5 Å². The van der Waals surface area contributed by atoms with Gasteiger partial charge in [0.05, 0.1) is 17.2 Å². The lowest BCUT2D eigenvalue weighted by Crippen LogP contribution is -2.03. The molecule has 0 atom stereocenters. The van der Waals surface area contributed by atoms with Gasteiger partial charge in [-0.05, 0) is 25.1 Å². The zero-order valence-corrected chi connectivity index (χ0v) is 8.44. The van der Waals surface area contributed by atoms with Gasteiger partial charge in [-0.25, -0.2) is 4.99 Å². The highest BCUT2D eigenvalue weighted by atomic mass is 15.1. The summed E-state index contributed by atoms with van der Waals surface area (Å²) in [6, 6.07) is 9.73. The van der Waals surface area contributed by atoms with Crippen LogP contribution in [0.15, 0.2) is 41.5 Å². The van der Waals surface area contributed by atoms with Crippen molar-refractivity contribution in [2.45, 2.75) is 6.92 Å². The summed E-state index contributed by atoms with van der Waals surface area (Å²) in [6.07, 6.45) is 1.72. The van der Waals surface area contributed by atoms with Crippen molar-refractivity contribution in [2.75, 3.05) is 0 Å². The molecule has 0 radical (unpaired) electrons. The number of H-pyrrole nitrogens is 1. The second kappa shape index (κ2) is 3.96. The highest BCUT2D eigenvalue weighted by Gasteiger charge is 1.99. The van der Waals surface area contributed by atoms with Crippen molar-refractivity contribution in [3.8, 4) is 11.3 Å². The Kier molecular flexibility index (Phi) is 2.49. The zero-order chi connectivity index (χ0) is 10.7. The van der Waals surface area contributed by atoms with E-state index in [1.54, 1.807) is 13.1 Å². The first-order valence-corrected chi connectivity index (χ1v) is 4.66. The average molecular weight is 200 g/mol. The fourth-order valence-electron chi connectivity index (χ4n) is 1.36. The first-order chi connectivity index (χ1) is 7.25. The maximum atomic E-state index is 5.52. The highest BCUT2D eigenvalue weighted by molar-refractivity contribution is 5.81. The Balaban J connectivity index is 2.39. The number of benzene rings is 1. The van der Waals surface area contributed by atoms with Crippen molar-refractivity contribution in [2.24, 2.45) is 10.7 Å². The van der Waals surface area contributed by atoms with Crippen LogP contribution in [-0.4, -0.2) is 16.0 Å². The van der Waals surface area contributed by atoms with E-state index < -0.39 is 0 Å². The Morgan fingerprint density at radius 2 is 2.27 bits per heavy atom. The van der Waals surface area contributed by atoms with Crippen LogP contribution in [0.4, 0.5) is 5.69 Å². The molecule has 2 aromatic rings. The van der Waals surface area contributed by atoms with Crippen molar-refractivity contribution in [1.29, 1.82) is 0 Å². The standard InChI is InChI=1S/C11H12N4/c1-8(12)14-10-4-2-3-9(7-10)11-5-6-13-15-11/h2-7H,1H3,(H2,12,14)(H,13,15). The molecular formula is C11H12N4. The van der Waals surface area contributed by atoms with Gasteiger partial charge in [-0.1, -0.05) is 12.1 Å². The molecule has 2 rings (SSSR count). The van der Waals surface area contributed by atoms with Crippen molar-refractivity contribution in [3.63, 3.8) is 0 Å². The summed E-state index contributed by atoms with van der Waals surface area (Å²) in [4.78, 5) is 4.19. The first kappa shape index (κ1) is 9.45. The van der Waals surface area contributed by atoms with E-state index in [0.717, 1.165) is 16.9 Å². The number of aliphatic imine (C=N–C) groups is 1. The minimum absolute atomic E-state index is 0.553. The molecule has 4 heteroatoms. The van der Waals surface area contributed by atoms with Gasteiger partial charge in [0, 0.05) is 11.8 Å². The molecule has 76 valence electrons. The second-order valence-electron chi connectivity index (χ2n) is 3.27. The maximum Gasteiger partial charge on any atom is 0.0964 e. The molecule has 1 heterocycles. The summed E-state index contributed by atoms with van der Waals surface area (Å²) in [5.74, 6) is 0.553. The van der Waals surface area contributed by atoms with Crippen molar-refractivity contribution < 1.29 is 0 Å². The second-order valence-corrected chi connectivity index (χ2v) is 3.27. The number of nitrogens with two attached hydrogens (primary N) is 1. The molecular weight excluding hydrogens is 188 g/mol. The molecule has 3 N–H and O–H groups in total. The molecule has 0 bridgehead atoms. The van der Waals surface area contributed by atoms with Crippen LogP contribution < -0.4 is 5.73 Å². The monoisotopic (exact) mass is 200 g/mol. The molecule has 0 spiro atoms. The van der Waals surface area contributed by atoms with E-state index in [2.05, 4.69) is 15.2 Å². The quantitative estimate of drug-likeness (QED) is 0.575. The molecule has 0 aliphatic heterocycles. The van der Waals surface area contributed by atoms with Gasteiger partial charge in [-0.2, -0.15) is 5.10 Å². The Hall–Kier alpha value is -2.10. The van der Waals surface area contributed by atoms with Gasteiger partial charge in [-0.15, -0.1) is 0 Å². The Labute approximate surface area is 87.9 Å². The van der Waals surface area contributed by atoms with Crippen LogP contribution in [0.25, 0.3) is 11.3 Å². The molecule has 0 aliphatic carbocycles. The van der Waals surface area contributed by atoms with Gasteiger partial charge in [0.15, 0.2) is 0 Å². The predicted molar refractivity (Wildman–Crippen MR) is 61.0 cm³/mol. The van der Waals surface area contributed by atoms with Crippen LogP contribution in [0, 0.1) is 0 Å². The number of aromatic nitrogens is 2. The van der Waals surface area contributed by atoms with E-state index in [0.29, 0.717) is 5.84 Å². The van der Waals surface area contributed by atoms with Crippen molar-refractivity contribution in [3.05, 3.63) is 36.5 Å². The fraction of sp³-hybridized carbons (Fsp3) is 0.0909.